The average molecular weight is 560 g/mol. The Bertz CT molecular complexity index is 1490. The lowest BCUT2D eigenvalue weighted by atomic mass is 10.1. The molecule has 1 unspecified atom stereocenters. The Hall–Kier alpha value is -2.70. The third kappa shape index (κ3) is 6.24. The number of hydrogen-bond donors (Lipinski definition) is 0. The fourth-order valence-electron chi connectivity index (χ4n) is 4.17. The number of rotatable bonds is 8. The van der Waals surface area contributed by atoms with E-state index in [-0.39, 0.29) is 4.90 Å². The molecule has 0 aliphatic rings. The molecule has 0 N–H and O–H groups in total. The minimum atomic E-state index is -3.80. The third-order valence-corrected chi connectivity index (χ3v) is 9.86. The van der Waals surface area contributed by atoms with E-state index in [0.717, 1.165) is 28.0 Å². The summed E-state index contributed by atoms with van der Waals surface area (Å²) in [4.78, 5) is 9.43. The highest BCUT2D eigenvalue weighted by atomic mass is 35.5. The van der Waals surface area contributed by atoms with Crippen molar-refractivity contribution in [3.63, 3.8) is 0 Å². The molecule has 0 fully saturated rings. The lowest BCUT2D eigenvalue weighted by Gasteiger charge is -2.18. The summed E-state index contributed by atoms with van der Waals surface area (Å²) in [5.41, 5.74) is 3.61. The summed E-state index contributed by atoms with van der Waals surface area (Å²) in [6.45, 7) is 8.70. The van der Waals surface area contributed by atoms with Crippen LogP contribution in [-0.4, -0.2) is 32.6 Å². The highest BCUT2D eigenvalue weighted by Gasteiger charge is 2.30. The molecule has 9 heteroatoms. The smallest absolute Gasteiger partial charge is 0.293 e. The van der Waals surface area contributed by atoms with E-state index in [1.54, 1.807) is 56.5 Å². The summed E-state index contributed by atoms with van der Waals surface area (Å²) < 4.78 is 39.0. The molecule has 37 heavy (non-hydrogen) atoms. The highest BCUT2D eigenvalue weighted by Crippen LogP contribution is 2.41. The van der Waals surface area contributed by atoms with Crippen molar-refractivity contribution in [1.82, 2.24) is 3.97 Å². The van der Waals surface area contributed by atoms with Gasteiger partial charge in [-0.2, -0.15) is 0 Å². The standard InChI is InChI=1S/C25H25ClNO3PS.C3H6O2/c1-5-19-13-17(2)14-21(15-19)31(30-4)25-18(3)27(24-12-11-20(26)16-23(24)25)32(28,29)22-9-7-6-8-10-22;1-2-5-3-4/h6-16H,5H2,1-4H3;3H,2H2,1H3. The van der Waals surface area contributed by atoms with Crippen LogP contribution in [0, 0.1) is 13.8 Å². The maximum Gasteiger partial charge on any atom is 0.293 e. The van der Waals surface area contributed by atoms with Crippen LogP contribution in [-0.2, 0) is 30.5 Å². The van der Waals surface area contributed by atoms with Crippen LogP contribution in [0.15, 0.2) is 71.6 Å². The Morgan fingerprint density at radius 1 is 1.00 bits per heavy atom. The van der Waals surface area contributed by atoms with Gasteiger partial charge in [0.25, 0.3) is 16.5 Å². The van der Waals surface area contributed by atoms with E-state index < -0.39 is 18.2 Å². The second-order valence-electron chi connectivity index (χ2n) is 8.24. The molecule has 0 saturated heterocycles. The molecule has 0 spiro atoms. The molecule has 0 bridgehead atoms. The van der Waals surface area contributed by atoms with Crippen molar-refractivity contribution in [2.45, 2.75) is 39.0 Å². The number of nitrogens with zero attached hydrogens (tertiary/aromatic N) is 1. The average Bonchev–Trinajstić information content (AvgIpc) is 3.17. The Kier molecular flexibility index (Phi) is 9.91. The number of aryl methyl sites for hydroxylation is 2. The van der Waals surface area contributed by atoms with Crippen molar-refractivity contribution in [3.8, 4) is 0 Å². The molecule has 1 atom stereocenters. The van der Waals surface area contributed by atoms with E-state index in [1.165, 1.54) is 9.54 Å². The van der Waals surface area contributed by atoms with Crippen LogP contribution in [0.4, 0.5) is 0 Å². The largest absolute Gasteiger partial charge is 0.468 e. The van der Waals surface area contributed by atoms with E-state index in [0.29, 0.717) is 29.3 Å². The number of aromatic nitrogens is 1. The van der Waals surface area contributed by atoms with Gasteiger partial charge in [-0.1, -0.05) is 48.4 Å². The number of carbonyl (C=O) groups excluding carboxylic acids is 1. The van der Waals surface area contributed by atoms with Crippen LogP contribution in [0.3, 0.4) is 0 Å². The second-order valence-corrected chi connectivity index (χ2v) is 12.4. The number of carbonyl (C=O) groups is 1. The summed E-state index contributed by atoms with van der Waals surface area (Å²) in [6, 6.07) is 20.3. The first kappa shape index (κ1) is 28.9. The third-order valence-electron chi connectivity index (χ3n) is 5.75. The van der Waals surface area contributed by atoms with Gasteiger partial charge in [-0.15, -0.1) is 0 Å². The van der Waals surface area contributed by atoms with Gasteiger partial charge in [0.2, 0.25) is 0 Å². The first-order valence-electron chi connectivity index (χ1n) is 11.8. The van der Waals surface area contributed by atoms with Gasteiger partial charge >= 0.3 is 0 Å². The lowest BCUT2D eigenvalue weighted by Crippen LogP contribution is -2.19. The Morgan fingerprint density at radius 2 is 1.70 bits per heavy atom. The van der Waals surface area contributed by atoms with Gasteiger partial charge in [0.05, 0.1) is 25.2 Å². The van der Waals surface area contributed by atoms with Crippen molar-refractivity contribution in [1.29, 1.82) is 0 Å². The van der Waals surface area contributed by atoms with Gasteiger partial charge in [-0.3, -0.25) is 4.79 Å². The number of hydrogen-bond acceptors (Lipinski definition) is 5. The summed E-state index contributed by atoms with van der Waals surface area (Å²) in [5.74, 6) is 0. The van der Waals surface area contributed by atoms with Gasteiger partial charge < -0.3 is 9.26 Å². The second kappa shape index (κ2) is 12.7. The van der Waals surface area contributed by atoms with Gasteiger partial charge in [-0.25, -0.2) is 12.4 Å². The SMILES string of the molecule is CCOC=O.CCc1cc(C)cc(P(OC)c2c(C)n(S(=O)(=O)c3ccccc3)c3ccc(Cl)cc23)c1. The molecule has 0 aliphatic heterocycles. The molecule has 1 heterocycles. The maximum absolute atomic E-state index is 13.7. The molecular weight excluding hydrogens is 529 g/mol. The van der Waals surface area contributed by atoms with Crippen LogP contribution in [0.1, 0.15) is 30.7 Å². The number of halogens is 1. The lowest BCUT2D eigenvalue weighted by molar-refractivity contribution is -0.128. The predicted octanol–water partition coefficient (Wildman–Crippen LogP) is 5.88. The van der Waals surface area contributed by atoms with Gasteiger partial charge in [0, 0.05) is 33.8 Å². The molecule has 6 nitrogen and oxygen atoms in total. The van der Waals surface area contributed by atoms with Gasteiger partial charge in [-0.05, 0) is 75.2 Å². The van der Waals surface area contributed by atoms with Crippen LogP contribution in [0.25, 0.3) is 10.9 Å². The van der Waals surface area contributed by atoms with E-state index in [2.05, 4.69) is 36.8 Å². The Labute approximate surface area is 225 Å². The molecule has 0 amide bonds. The first-order chi connectivity index (χ1) is 17.7. The van der Waals surface area contributed by atoms with Crippen LogP contribution in [0.5, 0.6) is 0 Å². The summed E-state index contributed by atoms with van der Waals surface area (Å²) >= 11 is 6.36. The van der Waals surface area contributed by atoms with E-state index in [1.807, 2.05) is 13.0 Å². The summed E-state index contributed by atoms with van der Waals surface area (Å²) in [5, 5.41) is 3.27. The number of fused-ring (bicyclic) bond motifs is 1. The van der Waals surface area contributed by atoms with Crippen molar-refractivity contribution in [2.24, 2.45) is 0 Å². The monoisotopic (exact) mass is 559 g/mol. The summed E-state index contributed by atoms with van der Waals surface area (Å²) in [6.07, 6.45) is 0.913. The first-order valence-corrected chi connectivity index (χ1v) is 14.9. The molecule has 1 aromatic heterocycles. The Balaban J connectivity index is 0.000000695. The minimum Gasteiger partial charge on any atom is -0.468 e. The quantitative estimate of drug-likeness (QED) is 0.199. The van der Waals surface area contributed by atoms with E-state index in [4.69, 9.17) is 16.1 Å². The van der Waals surface area contributed by atoms with Crippen molar-refractivity contribution in [2.75, 3.05) is 13.7 Å². The predicted molar refractivity (Wildman–Crippen MR) is 152 cm³/mol. The fourth-order valence-corrected chi connectivity index (χ4v) is 8.04. The topological polar surface area (TPSA) is 74.6 Å². The van der Waals surface area contributed by atoms with E-state index >= 15 is 0 Å². The number of benzene rings is 3. The molecular formula is C28H31ClNO5PS. The van der Waals surface area contributed by atoms with Crippen molar-refractivity contribution in [3.05, 3.63) is 88.6 Å². The fraction of sp³-hybridized carbons (Fsp3) is 0.250. The highest BCUT2D eigenvalue weighted by molar-refractivity contribution is 7.90. The van der Waals surface area contributed by atoms with Gasteiger partial charge in [0.1, 0.15) is 0 Å². The molecule has 0 aliphatic carbocycles. The Morgan fingerprint density at radius 3 is 2.27 bits per heavy atom. The molecule has 0 saturated carbocycles. The normalized spacial score (nSPS) is 12.1. The molecule has 4 rings (SSSR count). The maximum atomic E-state index is 13.7. The zero-order chi connectivity index (χ0) is 27.2. The summed E-state index contributed by atoms with van der Waals surface area (Å²) in [7, 11) is -3.38. The molecule has 3 aromatic carbocycles. The van der Waals surface area contributed by atoms with Crippen LogP contribution < -0.4 is 10.6 Å². The van der Waals surface area contributed by atoms with Crippen LogP contribution in [0.2, 0.25) is 5.02 Å². The zero-order valence-corrected chi connectivity index (χ0v) is 24.0. The minimum absolute atomic E-state index is 0.243. The molecule has 0 radical (unpaired) electrons. The number of ether oxygens (including phenoxy) is 1. The van der Waals surface area contributed by atoms with Crippen molar-refractivity contribution < 1.29 is 22.5 Å². The van der Waals surface area contributed by atoms with Gasteiger partial charge in [0.15, 0.2) is 0 Å². The van der Waals surface area contributed by atoms with Crippen molar-refractivity contribution >= 4 is 57.8 Å². The molecule has 4 aromatic rings. The zero-order valence-electron chi connectivity index (χ0n) is 21.6. The van der Waals surface area contributed by atoms with Crippen LogP contribution >= 0.6 is 19.7 Å². The molecule has 196 valence electrons. The van der Waals surface area contributed by atoms with E-state index in [9.17, 15) is 13.2 Å².